The van der Waals surface area contributed by atoms with E-state index in [4.69, 9.17) is 9.73 Å². The number of rotatable bonds is 6. The van der Waals surface area contributed by atoms with Gasteiger partial charge in [0.25, 0.3) is 0 Å². The molecule has 0 atom stereocenters. The molecule has 1 N–H and O–H groups in total. The molecule has 8 nitrogen and oxygen atoms in total. The highest BCUT2D eigenvalue weighted by molar-refractivity contribution is 14.0. The summed E-state index contributed by atoms with van der Waals surface area (Å²) in [5.74, 6) is 0.816. The Morgan fingerprint density at radius 1 is 1.24 bits per heavy atom. The van der Waals surface area contributed by atoms with Crippen molar-refractivity contribution in [1.29, 1.82) is 0 Å². The highest BCUT2D eigenvalue weighted by Gasteiger charge is 2.27. The molecule has 29 heavy (non-hydrogen) atoms. The lowest BCUT2D eigenvalue weighted by molar-refractivity contribution is -0.120. The minimum absolute atomic E-state index is 0. The van der Waals surface area contributed by atoms with Crippen molar-refractivity contribution in [3.63, 3.8) is 0 Å². The second-order valence-corrected chi connectivity index (χ2v) is 6.76. The van der Waals surface area contributed by atoms with Gasteiger partial charge < -0.3 is 19.9 Å². The van der Waals surface area contributed by atoms with E-state index in [-0.39, 0.29) is 29.9 Å². The Bertz CT molecular complexity index is 821. The lowest BCUT2D eigenvalue weighted by Gasteiger charge is -2.35. The van der Waals surface area contributed by atoms with Gasteiger partial charge in [0.2, 0.25) is 5.91 Å². The summed E-state index contributed by atoms with van der Waals surface area (Å²) in [6.07, 6.45) is 3.58. The van der Waals surface area contributed by atoms with E-state index >= 15 is 0 Å². The zero-order valence-electron chi connectivity index (χ0n) is 17.2. The Hall–Kier alpha value is -2.14. The van der Waals surface area contributed by atoms with Crippen LogP contribution in [0.25, 0.3) is 0 Å². The maximum absolute atomic E-state index is 12.6. The van der Waals surface area contributed by atoms with Gasteiger partial charge in [0.15, 0.2) is 5.96 Å². The number of carbonyl (C=O) groups is 1. The molecule has 2 heterocycles. The maximum Gasteiger partial charge on any atom is 0.246 e. The molecule has 0 spiro atoms. The van der Waals surface area contributed by atoms with Gasteiger partial charge in [0, 0.05) is 40.0 Å². The van der Waals surface area contributed by atoms with Crippen LogP contribution < -0.4 is 10.2 Å². The van der Waals surface area contributed by atoms with Crippen molar-refractivity contribution in [2.45, 2.75) is 20.1 Å². The van der Waals surface area contributed by atoms with Gasteiger partial charge in [-0.2, -0.15) is 5.10 Å². The highest BCUT2D eigenvalue weighted by atomic mass is 127. The van der Waals surface area contributed by atoms with Crippen LogP contribution in [0.1, 0.15) is 18.1 Å². The van der Waals surface area contributed by atoms with Gasteiger partial charge in [0.1, 0.15) is 6.54 Å². The van der Waals surface area contributed by atoms with Crippen LogP contribution in [-0.4, -0.2) is 59.8 Å². The number of methoxy groups -OCH3 is 1. The Balaban J connectivity index is 0.00000300. The molecule has 1 amide bonds. The van der Waals surface area contributed by atoms with E-state index in [2.05, 4.69) is 34.7 Å². The van der Waals surface area contributed by atoms with Crippen LogP contribution in [0.3, 0.4) is 0 Å². The number of aliphatic imine (C=N–C) groups is 1. The van der Waals surface area contributed by atoms with Crippen LogP contribution in [0, 0.1) is 0 Å². The number of carbonyl (C=O) groups excluding carboxylic acids is 1. The van der Waals surface area contributed by atoms with Crippen LogP contribution in [0.15, 0.2) is 41.7 Å². The van der Waals surface area contributed by atoms with Crippen molar-refractivity contribution in [3.8, 4) is 0 Å². The average Bonchev–Trinajstić information content (AvgIpc) is 3.12. The van der Waals surface area contributed by atoms with Crippen molar-refractivity contribution in [2.75, 3.05) is 38.2 Å². The van der Waals surface area contributed by atoms with Crippen molar-refractivity contribution >= 4 is 41.5 Å². The number of ether oxygens (including phenoxy) is 1. The summed E-state index contributed by atoms with van der Waals surface area (Å²) >= 11 is 0. The molecular weight excluding hydrogens is 483 g/mol. The second-order valence-electron chi connectivity index (χ2n) is 6.76. The number of hydrogen-bond donors (Lipinski definition) is 1. The van der Waals surface area contributed by atoms with Crippen molar-refractivity contribution < 1.29 is 9.53 Å². The molecule has 0 saturated carbocycles. The summed E-state index contributed by atoms with van der Waals surface area (Å²) in [4.78, 5) is 21.2. The standard InChI is InChI=1S/C20H28N6O2.HI/c1-4-21-20(22-11-16-5-7-17(8-6-16)15-28-3)25-9-10-26(19(27)14-25)18-12-23-24(2)13-18;/h5-8,12-13H,4,9-11,14-15H2,1-3H3,(H,21,22);1H. The zero-order valence-corrected chi connectivity index (χ0v) is 19.5. The third-order valence-corrected chi connectivity index (χ3v) is 4.60. The van der Waals surface area contributed by atoms with E-state index in [0.29, 0.717) is 26.2 Å². The van der Waals surface area contributed by atoms with Crippen LogP contribution in [0.2, 0.25) is 0 Å². The highest BCUT2D eigenvalue weighted by Crippen LogP contribution is 2.16. The summed E-state index contributed by atoms with van der Waals surface area (Å²) in [7, 11) is 3.54. The Labute approximate surface area is 188 Å². The van der Waals surface area contributed by atoms with Crippen molar-refractivity contribution in [3.05, 3.63) is 47.8 Å². The first-order valence-corrected chi connectivity index (χ1v) is 9.49. The van der Waals surface area contributed by atoms with Gasteiger partial charge in [-0.25, -0.2) is 4.99 Å². The molecule has 9 heteroatoms. The molecule has 2 aromatic rings. The molecule has 1 aliphatic rings. The SMILES string of the molecule is CCNC(=NCc1ccc(COC)cc1)N1CCN(c2cnn(C)c2)C(=O)C1.I. The zero-order chi connectivity index (χ0) is 19.9. The number of amides is 1. The Morgan fingerprint density at radius 2 is 1.97 bits per heavy atom. The summed E-state index contributed by atoms with van der Waals surface area (Å²) in [6, 6.07) is 8.23. The van der Waals surface area contributed by atoms with Crippen LogP contribution in [0.4, 0.5) is 5.69 Å². The normalized spacial score (nSPS) is 14.7. The van der Waals surface area contributed by atoms with E-state index in [0.717, 1.165) is 35.9 Å². The van der Waals surface area contributed by atoms with Crippen LogP contribution in [0.5, 0.6) is 0 Å². The minimum Gasteiger partial charge on any atom is -0.380 e. The molecule has 1 aromatic heterocycles. The van der Waals surface area contributed by atoms with Crippen LogP contribution in [-0.2, 0) is 29.7 Å². The van der Waals surface area contributed by atoms with Gasteiger partial charge in [0.05, 0.1) is 25.0 Å². The molecular formula is C20H29IN6O2. The molecule has 0 aliphatic carbocycles. The first-order valence-electron chi connectivity index (χ1n) is 9.49. The smallest absolute Gasteiger partial charge is 0.246 e. The molecule has 1 saturated heterocycles. The first kappa shape index (κ1) is 23.1. The number of nitrogens with one attached hydrogen (secondary N) is 1. The van der Waals surface area contributed by atoms with E-state index in [1.807, 2.05) is 25.1 Å². The third kappa shape index (κ3) is 6.17. The minimum atomic E-state index is 0. The molecule has 3 rings (SSSR count). The first-order chi connectivity index (χ1) is 13.6. The van der Waals surface area contributed by atoms with Crippen LogP contribution >= 0.6 is 24.0 Å². The number of anilines is 1. The van der Waals surface area contributed by atoms with Gasteiger partial charge in [-0.3, -0.25) is 9.48 Å². The second kappa shape index (κ2) is 11.1. The molecule has 0 radical (unpaired) electrons. The molecule has 0 unspecified atom stereocenters. The number of hydrogen-bond acceptors (Lipinski definition) is 4. The lowest BCUT2D eigenvalue weighted by Crippen LogP contribution is -2.55. The summed E-state index contributed by atoms with van der Waals surface area (Å²) in [5.41, 5.74) is 3.10. The van der Waals surface area contributed by atoms with Crippen molar-refractivity contribution in [1.82, 2.24) is 20.0 Å². The third-order valence-electron chi connectivity index (χ3n) is 4.60. The Morgan fingerprint density at radius 3 is 2.55 bits per heavy atom. The molecule has 158 valence electrons. The predicted octanol–water partition coefficient (Wildman–Crippen LogP) is 2.00. The molecule has 1 fully saturated rings. The van der Waals surface area contributed by atoms with E-state index < -0.39 is 0 Å². The summed E-state index contributed by atoms with van der Waals surface area (Å²) in [5, 5.41) is 7.46. The van der Waals surface area contributed by atoms with Gasteiger partial charge >= 0.3 is 0 Å². The van der Waals surface area contributed by atoms with E-state index in [1.165, 1.54) is 0 Å². The Kier molecular flexibility index (Phi) is 8.90. The fourth-order valence-corrected chi connectivity index (χ4v) is 3.17. The van der Waals surface area contributed by atoms with Gasteiger partial charge in [-0.15, -0.1) is 24.0 Å². The quantitative estimate of drug-likeness (QED) is 0.364. The van der Waals surface area contributed by atoms with Crippen molar-refractivity contribution in [2.24, 2.45) is 12.0 Å². The number of nitrogens with zero attached hydrogens (tertiary/aromatic N) is 5. The van der Waals surface area contributed by atoms with Gasteiger partial charge in [-0.05, 0) is 18.1 Å². The molecule has 1 aromatic carbocycles. The number of halogens is 1. The molecule has 0 bridgehead atoms. The number of piperazine rings is 1. The monoisotopic (exact) mass is 512 g/mol. The average molecular weight is 512 g/mol. The summed E-state index contributed by atoms with van der Waals surface area (Å²) in [6.45, 7) is 5.58. The fraction of sp³-hybridized carbons (Fsp3) is 0.450. The maximum atomic E-state index is 12.6. The lowest BCUT2D eigenvalue weighted by atomic mass is 10.1. The predicted molar refractivity (Wildman–Crippen MR) is 125 cm³/mol. The summed E-state index contributed by atoms with van der Waals surface area (Å²) < 4.78 is 6.85. The van der Waals surface area contributed by atoms with E-state index in [9.17, 15) is 4.79 Å². The fourth-order valence-electron chi connectivity index (χ4n) is 3.17. The topological polar surface area (TPSA) is 75.0 Å². The van der Waals surface area contributed by atoms with Gasteiger partial charge in [-0.1, -0.05) is 24.3 Å². The van der Waals surface area contributed by atoms with E-state index in [1.54, 1.807) is 22.9 Å². The largest absolute Gasteiger partial charge is 0.380 e. The number of benzene rings is 1. The number of guanidine groups is 1. The number of aryl methyl sites for hydroxylation is 1. The molecule has 1 aliphatic heterocycles. The number of aromatic nitrogens is 2.